The molecule has 2 aliphatic rings. The van der Waals surface area contributed by atoms with Gasteiger partial charge in [0.05, 0.1) is 17.3 Å². The molecule has 1 unspecified atom stereocenters. The van der Waals surface area contributed by atoms with E-state index in [9.17, 15) is 13.4 Å². The number of guanidine groups is 1. The number of nitrogens with two attached hydrogens (primary N) is 1. The maximum Gasteiger partial charge on any atom is 0.274 e. The van der Waals surface area contributed by atoms with E-state index in [1.165, 1.54) is 34.8 Å². The van der Waals surface area contributed by atoms with Crippen LogP contribution in [0.25, 0.3) is 0 Å². The van der Waals surface area contributed by atoms with Gasteiger partial charge in [0.1, 0.15) is 27.0 Å². The summed E-state index contributed by atoms with van der Waals surface area (Å²) in [5, 5.41) is 3.10. The lowest BCUT2D eigenvalue weighted by Gasteiger charge is -2.38. The lowest BCUT2D eigenvalue weighted by atomic mass is 9.93. The van der Waals surface area contributed by atoms with Crippen molar-refractivity contribution in [2.24, 2.45) is 15.1 Å². The quantitative estimate of drug-likeness (QED) is 0.726. The third-order valence-electron chi connectivity index (χ3n) is 5.26. The Morgan fingerprint density at radius 1 is 1.32 bits per heavy atom. The number of rotatable bonds is 3. The van der Waals surface area contributed by atoms with Gasteiger partial charge < -0.3 is 11.1 Å². The molecule has 0 radical (unpaired) electrons. The van der Waals surface area contributed by atoms with Gasteiger partial charge in [0.25, 0.3) is 5.91 Å². The summed E-state index contributed by atoms with van der Waals surface area (Å²) in [5.41, 5.74) is 5.63. The second kappa shape index (κ2) is 8.08. The maximum atomic E-state index is 14.9. The van der Waals surface area contributed by atoms with Gasteiger partial charge in [0.15, 0.2) is 0 Å². The number of pyridine rings is 1. The third-order valence-corrected chi connectivity index (χ3v) is 8.06. The van der Waals surface area contributed by atoms with E-state index in [-0.39, 0.29) is 23.0 Å². The van der Waals surface area contributed by atoms with E-state index in [4.69, 9.17) is 17.3 Å². The van der Waals surface area contributed by atoms with Crippen LogP contribution in [0.1, 0.15) is 35.8 Å². The minimum Gasteiger partial charge on any atom is -0.369 e. The van der Waals surface area contributed by atoms with Crippen molar-refractivity contribution in [3.05, 3.63) is 58.6 Å². The molecule has 8 nitrogen and oxygen atoms in total. The topological polar surface area (TPSA) is 113 Å². The number of fused-ring (bicyclic) bond motifs is 1. The van der Waals surface area contributed by atoms with E-state index in [0.29, 0.717) is 23.8 Å². The minimum absolute atomic E-state index is 0.00770. The average molecular weight is 465 g/mol. The lowest BCUT2D eigenvalue weighted by molar-refractivity contribution is 0.102. The van der Waals surface area contributed by atoms with Gasteiger partial charge in [0, 0.05) is 24.0 Å². The van der Waals surface area contributed by atoms with Gasteiger partial charge in [-0.2, -0.15) is 0 Å². The zero-order chi connectivity index (χ0) is 22.2. The van der Waals surface area contributed by atoms with E-state index in [2.05, 4.69) is 19.7 Å². The zero-order valence-electron chi connectivity index (χ0n) is 16.8. The molecule has 4 rings (SSSR count). The number of aliphatic imine (C=N–C) groups is 1. The van der Waals surface area contributed by atoms with Crippen molar-refractivity contribution < 1.29 is 13.4 Å². The number of hydrogen-bond donors (Lipinski definition) is 2. The molecule has 164 valence electrons. The predicted molar refractivity (Wildman–Crippen MR) is 119 cm³/mol. The van der Waals surface area contributed by atoms with Crippen LogP contribution in [0.2, 0.25) is 5.02 Å². The van der Waals surface area contributed by atoms with Crippen LogP contribution < -0.4 is 11.1 Å². The number of nitrogens with zero attached hydrogens (tertiary/aromatic N) is 4. The number of aromatic nitrogens is 1. The molecule has 1 aromatic carbocycles. The van der Waals surface area contributed by atoms with Crippen LogP contribution in [0, 0.1) is 5.82 Å². The molecule has 0 fully saturated rings. The van der Waals surface area contributed by atoms with Crippen molar-refractivity contribution in [1.82, 2.24) is 9.29 Å². The Balaban J connectivity index is 1.69. The summed E-state index contributed by atoms with van der Waals surface area (Å²) in [5.74, 6) is -0.912. The monoisotopic (exact) mass is 464 g/mol. The second-order valence-electron chi connectivity index (χ2n) is 7.67. The highest BCUT2D eigenvalue weighted by Gasteiger charge is 2.42. The predicted octanol–water partition coefficient (Wildman–Crippen LogP) is 3.15. The standard InChI is InChI=1S/C20H22ClFN6O2S/c1-20(12-31(30)25-8-2-3-9-28(31)19(23)27-20)15-10-14(5-6-16(15)22)26-18(29)17-7-4-13(21)11-24-17/h4-7,10-11H,2-3,8-9,12H2,1H3,(H2,23,27)(H,26,29)/t20-,31?/m0/s1. The van der Waals surface area contributed by atoms with Crippen LogP contribution in [0.3, 0.4) is 0 Å². The Morgan fingerprint density at radius 2 is 2.13 bits per heavy atom. The van der Waals surface area contributed by atoms with E-state index in [1.807, 2.05) is 0 Å². The first kappa shape index (κ1) is 21.5. The molecule has 3 heterocycles. The van der Waals surface area contributed by atoms with E-state index < -0.39 is 27.2 Å². The Morgan fingerprint density at radius 3 is 2.87 bits per heavy atom. The first-order valence-corrected chi connectivity index (χ1v) is 11.8. The van der Waals surface area contributed by atoms with Gasteiger partial charge in [-0.3, -0.25) is 9.10 Å². The Labute approximate surface area is 185 Å². The molecule has 0 bridgehead atoms. The molecule has 11 heteroatoms. The van der Waals surface area contributed by atoms with Gasteiger partial charge in [-0.15, -0.1) is 0 Å². The first-order valence-electron chi connectivity index (χ1n) is 9.77. The number of hydrogen-bond acceptors (Lipinski definition) is 6. The van der Waals surface area contributed by atoms with Crippen molar-refractivity contribution >= 4 is 39.1 Å². The molecule has 0 saturated carbocycles. The Bertz CT molecular complexity index is 1180. The van der Waals surface area contributed by atoms with E-state index in [0.717, 1.165) is 12.8 Å². The summed E-state index contributed by atoms with van der Waals surface area (Å²) in [4.78, 5) is 21.0. The number of anilines is 1. The van der Waals surface area contributed by atoms with Crippen LogP contribution in [-0.2, 0) is 15.5 Å². The molecule has 0 saturated heterocycles. The highest BCUT2D eigenvalue weighted by atomic mass is 35.5. The molecule has 0 spiro atoms. The summed E-state index contributed by atoms with van der Waals surface area (Å²) < 4.78 is 34.4. The van der Waals surface area contributed by atoms with Crippen molar-refractivity contribution in [1.29, 1.82) is 0 Å². The first-order chi connectivity index (χ1) is 14.7. The van der Waals surface area contributed by atoms with Gasteiger partial charge in [-0.1, -0.05) is 11.6 Å². The lowest BCUT2D eigenvalue weighted by Crippen LogP contribution is -2.52. The summed E-state index contributed by atoms with van der Waals surface area (Å²) in [7, 11) is -2.85. The number of benzene rings is 1. The molecule has 1 aromatic heterocycles. The van der Waals surface area contributed by atoms with Gasteiger partial charge >= 0.3 is 0 Å². The molecule has 2 aromatic rings. The SMILES string of the molecule is C[C@@]1(c2cc(NC(=O)c3ccc(Cl)cn3)ccc2F)CS2(=O)=NCCCCN2C(N)=N1. The van der Waals surface area contributed by atoms with Crippen LogP contribution >= 0.6 is 11.6 Å². The largest absolute Gasteiger partial charge is 0.369 e. The smallest absolute Gasteiger partial charge is 0.274 e. The van der Waals surface area contributed by atoms with Crippen molar-refractivity contribution in [2.45, 2.75) is 25.3 Å². The van der Waals surface area contributed by atoms with Gasteiger partial charge in [0.2, 0.25) is 5.96 Å². The maximum absolute atomic E-state index is 14.9. The van der Waals surface area contributed by atoms with E-state index in [1.54, 1.807) is 13.0 Å². The van der Waals surface area contributed by atoms with Gasteiger partial charge in [-0.05, 0) is 50.1 Å². The number of nitrogens with one attached hydrogen (secondary N) is 1. The average Bonchev–Trinajstić information content (AvgIpc) is 2.91. The number of halogens is 2. The van der Waals surface area contributed by atoms with Crippen LogP contribution in [0.5, 0.6) is 0 Å². The number of carbonyl (C=O) groups is 1. The van der Waals surface area contributed by atoms with E-state index >= 15 is 0 Å². The summed E-state index contributed by atoms with van der Waals surface area (Å²) in [6.07, 6.45) is 2.99. The molecular formula is C20H22ClFN6O2S. The number of carbonyl (C=O) groups excluding carboxylic acids is 1. The Kier molecular flexibility index (Phi) is 5.61. The highest BCUT2D eigenvalue weighted by Crippen LogP contribution is 2.36. The van der Waals surface area contributed by atoms with Gasteiger partial charge in [-0.25, -0.2) is 22.9 Å². The molecule has 2 atom stereocenters. The van der Waals surface area contributed by atoms with Crippen LogP contribution in [0.4, 0.5) is 10.1 Å². The minimum atomic E-state index is -2.85. The molecular weight excluding hydrogens is 443 g/mol. The summed E-state index contributed by atoms with van der Waals surface area (Å²) in [6, 6.07) is 7.20. The number of amides is 1. The molecule has 1 amide bonds. The fraction of sp³-hybridized carbons (Fsp3) is 0.350. The highest BCUT2D eigenvalue weighted by molar-refractivity contribution is 7.92. The fourth-order valence-corrected chi connectivity index (χ4v) is 6.35. The normalized spacial score (nSPS) is 25.6. The molecule has 31 heavy (non-hydrogen) atoms. The zero-order valence-corrected chi connectivity index (χ0v) is 18.4. The second-order valence-corrected chi connectivity index (χ2v) is 10.3. The third kappa shape index (κ3) is 4.22. The Hall–Kier alpha value is -2.72. The van der Waals surface area contributed by atoms with Crippen LogP contribution in [-0.4, -0.2) is 44.2 Å². The molecule has 0 aliphatic carbocycles. The van der Waals surface area contributed by atoms with Crippen LogP contribution in [0.15, 0.2) is 45.9 Å². The van der Waals surface area contributed by atoms with Crippen molar-refractivity contribution in [3.63, 3.8) is 0 Å². The molecule has 3 N–H and O–H groups in total. The molecule has 2 aliphatic heterocycles. The summed E-state index contributed by atoms with van der Waals surface area (Å²) in [6.45, 7) is 2.64. The fourth-order valence-electron chi connectivity index (χ4n) is 3.74. The van der Waals surface area contributed by atoms with Crippen molar-refractivity contribution in [2.75, 3.05) is 24.2 Å². The van der Waals surface area contributed by atoms with Crippen molar-refractivity contribution in [3.8, 4) is 0 Å². The summed E-state index contributed by atoms with van der Waals surface area (Å²) >= 11 is 5.80.